The Hall–Kier alpha value is -0.530. The fourth-order valence-corrected chi connectivity index (χ4v) is 2.27. The Bertz CT molecular complexity index is 303. The molecule has 70 valence electrons. The molecule has 0 aliphatic carbocycles. The number of benzene rings is 1. The van der Waals surface area contributed by atoms with Crippen molar-refractivity contribution in [1.29, 1.82) is 0 Å². The van der Waals surface area contributed by atoms with Gasteiger partial charge in [0.15, 0.2) is 0 Å². The minimum absolute atomic E-state index is 0.619. The van der Waals surface area contributed by atoms with Crippen LogP contribution < -0.4 is 5.32 Å². The van der Waals surface area contributed by atoms with Crippen LogP contribution >= 0.6 is 11.6 Å². The van der Waals surface area contributed by atoms with E-state index in [4.69, 9.17) is 11.6 Å². The Kier molecular flexibility index (Phi) is 2.56. The van der Waals surface area contributed by atoms with Gasteiger partial charge in [-0.25, -0.2) is 0 Å². The Labute approximate surface area is 84.1 Å². The average Bonchev–Trinajstić information content (AvgIpc) is 2.56. The Morgan fingerprint density at radius 1 is 1.46 bits per heavy atom. The lowest BCUT2D eigenvalue weighted by molar-refractivity contribution is 0.763. The molecule has 2 rings (SSSR count). The Balaban J connectivity index is 2.29. The van der Waals surface area contributed by atoms with Crippen molar-refractivity contribution in [3.8, 4) is 0 Å². The van der Waals surface area contributed by atoms with Crippen molar-refractivity contribution in [3.05, 3.63) is 34.3 Å². The predicted octanol–water partition coefficient (Wildman–Crippen LogP) is 2.73. The van der Waals surface area contributed by atoms with Crippen molar-refractivity contribution in [2.45, 2.75) is 19.3 Å². The van der Waals surface area contributed by atoms with Crippen LogP contribution in [-0.4, -0.2) is 13.1 Å². The molecule has 0 aromatic heterocycles. The molecule has 1 N–H and O–H groups in total. The van der Waals surface area contributed by atoms with Crippen molar-refractivity contribution >= 4 is 11.6 Å². The van der Waals surface area contributed by atoms with Crippen LogP contribution in [0.25, 0.3) is 0 Å². The van der Waals surface area contributed by atoms with Gasteiger partial charge in [-0.05, 0) is 43.0 Å². The molecular weight excluding hydrogens is 182 g/mol. The fourth-order valence-electron chi connectivity index (χ4n) is 1.88. The predicted molar refractivity (Wildman–Crippen MR) is 56.4 cm³/mol. The molecule has 0 spiro atoms. The lowest BCUT2D eigenvalue weighted by Gasteiger charge is -2.11. The molecule has 1 saturated heterocycles. The standard InChI is InChI=1S/C11H14ClN/c1-8-2-3-10(11(12)6-8)9-4-5-13-7-9/h2-3,6,9,13H,4-5,7H2,1H3. The maximum absolute atomic E-state index is 6.18. The molecule has 0 bridgehead atoms. The van der Waals surface area contributed by atoms with Crippen LogP contribution in [0.1, 0.15) is 23.5 Å². The Morgan fingerprint density at radius 2 is 2.31 bits per heavy atom. The van der Waals surface area contributed by atoms with Gasteiger partial charge < -0.3 is 5.32 Å². The zero-order chi connectivity index (χ0) is 9.26. The quantitative estimate of drug-likeness (QED) is 0.727. The highest BCUT2D eigenvalue weighted by atomic mass is 35.5. The van der Waals surface area contributed by atoms with Gasteiger partial charge in [0.25, 0.3) is 0 Å². The molecule has 2 heteroatoms. The summed E-state index contributed by atoms with van der Waals surface area (Å²) in [6.45, 7) is 4.26. The van der Waals surface area contributed by atoms with E-state index in [0.29, 0.717) is 5.92 Å². The van der Waals surface area contributed by atoms with E-state index in [0.717, 1.165) is 18.1 Å². The summed E-state index contributed by atoms with van der Waals surface area (Å²) in [5.41, 5.74) is 2.54. The lowest BCUT2D eigenvalue weighted by Crippen LogP contribution is -2.08. The van der Waals surface area contributed by atoms with E-state index in [1.165, 1.54) is 17.5 Å². The summed E-state index contributed by atoms with van der Waals surface area (Å²) in [6.07, 6.45) is 1.21. The zero-order valence-corrected chi connectivity index (χ0v) is 8.56. The SMILES string of the molecule is Cc1ccc(C2CCNC2)c(Cl)c1. The van der Waals surface area contributed by atoms with E-state index in [-0.39, 0.29) is 0 Å². The van der Waals surface area contributed by atoms with Crippen LogP contribution in [0, 0.1) is 6.92 Å². The first kappa shape index (κ1) is 9.04. The lowest BCUT2D eigenvalue weighted by atomic mass is 9.97. The van der Waals surface area contributed by atoms with E-state index in [1.807, 2.05) is 0 Å². The molecule has 1 nitrogen and oxygen atoms in total. The second-order valence-corrected chi connectivity index (χ2v) is 4.12. The molecule has 0 radical (unpaired) electrons. The van der Waals surface area contributed by atoms with Gasteiger partial charge in [0, 0.05) is 11.6 Å². The normalized spacial score (nSPS) is 22.2. The number of rotatable bonds is 1. The number of halogens is 1. The highest BCUT2D eigenvalue weighted by molar-refractivity contribution is 6.31. The number of hydrogen-bond donors (Lipinski definition) is 1. The minimum Gasteiger partial charge on any atom is -0.316 e. The third kappa shape index (κ3) is 1.87. The van der Waals surface area contributed by atoms with Crippen LogP contribution in [0.4, 0.5) is 0 Å². The van der Waals surface area contributed by atoms with Crippen molar-refractivity contribution in [2.75, 3.05) is 13.1 Å². The van der Waals surface area contributed by atoms with Crippen LogP contribution in [0.5, 0.6) is 0 Å². The van der Waals surface area contributed by atoms with E-state index in [9.17, 15) is 0 Å². The minimum atomic E-state index is 0.619. The Morgan fingerprint density at radius 3 is 2.92 bits per heavy atom. The summed E-state index contributed by atoms with van der Waals surface area (Å²) in [6, 6.07) is 6.35. The first-order valence-electron chi connectivity index (χ1n) is 4.74. The monoisotopic (exact) mass is 195 g/mol. The van der Waals surface area contributed by atoms with E-state index < -0.39 is 0 Å². The molecule has 1 unspecified atom stereocenters. The molecular formula is C11H14ClN. The van der Waals surface area contributed by atoms with Crippen molar-refractivity contribution < 1.29 is 0 Å². The van der Waals surface area contributed by atoms with E-state index in [2.05, 4.69) is 30.4 Å². The maximum atomic E-state index is 6.18. The van der Waals surface area contributed by atoms with Gasteiger partial charge in [-0.1, -0.05) is 23.7 Å². The number of nitrogens with one attached hydrogen (secondary N) is 1. The van der Waals surface area contributed by atoms with Crippen LogP contribution in [0.15, 0.2) is 18.2 Å². The molecule has 1 fully saturated rings. The molecule has 1 aromatic carbocycles. The summed E-state index contributed by atoms with van der Waals surface area (Å²) in [7, 11) is 0. The first-order chi connectivity index (χ1) is 6.27. The topological polar surface area (TPSA) is 12.0 Å². The number of hydrogen-bond acceptors (Lipinski definition) is 1. The highest BCUT2D eigenvalue weighted by Gasteiger charge is 2.18. The fraction of sp³-hybridized carbons (Fsp3) is 0.455. The number of aryl methyl sites for hydroxylation is 1. The van der Waals surface area contributed by atoms with Gasteiger partial charge in [-0.3, -0.25) is 0 Å². The summed E-state index contributed by atoms with van der Waals surface area (Å²) >= 11 is 6.18. The van der Waals surface area contributed by atoms with Crippen LogP contribution in [0.3, 0.4) is 0 Å². The van der Waals surface area contributed by atoms with E-state index >= 15 is 0 Å². The average molecular weight is 196 g/mol. The summed E-state index contributed by atoms with van der Waals surface area (Å²) < 4.78 is 0. The zero-order valence-electron chi connectivity index (χ0n) is 7.81. The first-order valence-corrected chi connectivity index (χ1v) is 5.12. The molecule has 13 heavy (non-hydrogen) atoms. The summed E-state index contributed by atoms with van der Waals surface area (Å²) in [4.78, 5) is 0. The molecule has 1 aliphatic rings. The van der Waals surface area contributed by atoms with Crippen LogP contribution in [0.2, 0.25) is 5.02 Å². The van der Waals surface area contributed by atoms with Gasteiger partial charge in [-0.15, -0.1) is 0 Å². The van der Waals surface area contributed by atoms with Crippen LogP contribution in [-0.2, 0) is 0 Å². The maximum Gasteiger partial charge on any atom is 0.0443 e. The van der Waals surface area contributed by atoms with Crippen molar-refractivity contribution in [3.63, 3.8) is 0 Å². The molecule has 0 saturated carbocycles. The summed E-state index contributed by atoms with van der Waals surface area (Å²) in [5.74, 6) is 0.619. The molecule has 1 heterocycles. The van der Waals surface area contributed by atoms with Gasteiger partial charge in [0.05, 0.1) is 0 Å². The summed E-state index contributed by atoms with van der Waals surface area (Å²) in [5, 5.41) is 4.28. The molecule has 1 aliphatic heterocycles. The van der Waals surface area contributed by atoms with Gasteiger partial charge in [0.1, 0.15) is 0 Å². The highest BCUT2D eigenvalue weighted by Crippen LogP contribution is 2.29. The van der Waals surface area contributed by atoms with Gasteiger partial charge in [-0.2, -0.15) is 0 Å². The third-order valence-corrected chi connectivity index (χ3v) is 2.98. The van der Waals surface area contributed by atoms with Gasteiger partial charge in [0.2, 0.25) is 0 Å². The molecule has 1 atom stereocenters. The van der Waals surface area contributed by atoms with Gasteiger partial charge >= 0.3 is 0 Å². The van der Waals surface area contributed by atoms with E-state index in [1.54, 1.807) is 0 Å². The second kappa shape index (κ2) is 3.69. The molecule has 1 aromatic rings. The smallest absolute Gasteiger partial charge is 0.0443 e. The van der Waals surface area contributed by atoms with Crippen molar-refractivity contribution in [1.82, 2.24) is 5.32 Å². The second-order valence-electron chi connectivity index (χ2n) is 3.71. The third-order valence-electron chi connectivity index (χ3n) is 2.66. The molecule has 0 amide bonds. The van der Waals surface area contributed by atoms with Crippen molar-refractivity contribution in [2.24, 2.45) is 0 Å². The largest absolute Gasteiger partial charge is 0.316 e.